The molecule has 0 aliphatic carbocycles. The molecule has 13 heteroatoms. The largest absolute Gasteiger partial charge is 0.462 e. The number of allylic oxidation sites excluding steroid dienone is 8. The van der Waals surface area contributed by atoms with Gasteiger partial charge in [-0.15, -0.1) is 0 Å². The van der Waals surface area contributed by atoms with Crippen molar-refractivity contribution in [3.63, 3.8) is 0 Å². The molecule has 1 saturated heterocycles. The van der Waals surface area contributed by atoms with Gasteiger partial charge < -0.3 is 34.3 Å². The van der Waals surface area contributed by atoms with Gasteiger partial charge in [0.1, 0.15) is 36.8 Å². The molecule has 0 radical (unpaired) electrons. The number of carbonyl (C=O) groups is 2. The molecule has 4 N–H and O–H groups in total. The number of ether oxygens (including phenoxy) is 4. The van der Waals surface area contributed by atoms with Crippen LogP contribution in [-0.2, 0) is 38.7 Å². The van der Waals surface area contributed by atoms with E-state index in [0.29, 0.717) is 12.8 Å². The van der Waals surface area contributed by atoms with E-state index in [1.54, 1.807) is 0 Å². The maximum absolute atomic E-state index is 12.9. The molecule has 0 aromatic heterocycles. The molecule has 64 heavy (non-hydrogen) atoms. The van der Waals surface area contributed by atoms with Crippen molar-refractivity contribution < 1.29 is 56.8 Å². The SMILES string of the molecule is CCC/C=C\C/C=C\CCCCCCCC(=O)OCC(COC1OC(CS(=O)(=O)O)C(O)C(O)C1O)OC(=O)CCCCCCCCCCCCC/C=C\C/C=C\CCCCCCC. The Morgan fingerprint density at radius 3 is 1.44 bits per heavy atom. The Balaban J connectivity index is 2.36. The van der Waals surface area contributed by atoms with Crippen molar-refractivity contribution in [3.05, 3.63) is 48.6 Å². The lowest BCUT2D eigenvalue weighted by atomic mass is 10.00. The van der Waals surface area contributed by atoms with Crippen molar-refractivity contribution in [2.75, 3.05) is 19.0 Å². The van der Waals surface area contributed by atoms with Crippen LogP contribution in [0.1, 0.15) is 206 Å². The summed E-state index contributed by atoms with van der Waals surface area (Å²) in [5, 5.41) is 30.9. The zero-order valence-electron chi connectivity index (χ0n) is 39.9. The van der Waals surface area contributed by atoms with E-state index in [1.807, 2.05) is 0 Å². The highest BCUT2D eigenvalue weighted by Gasteiger charge is 2.46. The van der Waals surface area contributed by atoms with E-state index in [4.69, 9.17) is 18.9 Å². The first-order chi connectivity index (χ1) is 31.0. The van der Waals surface area contributed by atoms with Crippen molar-refractivity contribution in [1.29, 1.82) is 0 Å². The molecule has 1 rings (SSSR count). The number of hydrogen-bond acceptors (Lipinski definition) is 11. The van der Waals surface area contributed by atoms with Crippen molar-refractivity contribution in [2.45, 2.75) is 243 Å². The number of aliphatic hydroxyl groups is 3. The standard InChI is InChI=1S/C51H90O12S/c1-3-5-7-9-11-13-15-17-18-19-20-21-22-23-24-25-26-28-30-32-34-36-38-40-47(53)62-44(42-61-51-50(56)49(55)48(54)45(63-51)43-64(57,58)59)41-60-46(52)39-37-35-33-31-29-27-16-14-12-10-8-6-4-2/h8,10,14-17,19-20,44-45,48-51,54-56H,3-7,9,11-13,18,21-43H2,1-2H3,(H,57,58,59)/b10-8-,16-14-,17-15-,20-19-. The lowest BCUT2D eigenvalue weighted by molar-refractivity contribution is -0.297. The van der Waals surface area contributed by atoms with E-state index in [0.717, 1.165) is 83.5 Å². The van der Waals surface area contributed by atoms with Crippen LogP contribution in [0.5, 0.6) is 0 Å². The second kappa shape index (κ2) is 40.8. The lowest BCUT2D eigenvalue weighted by Crippen LogP contribution is -2.60. The van der Waals surface area contributed by atoms with Crippen molar-refractivity contribution in [1.82, 2.24) is 0 Å². The zero-order valence-corrected chi connectivity index (χ0v) is 40.7. The Kier molecular flexibility index (Phi) is 38.1. The molecule has 0 bridgehead atoms. The van der Waals surface area contributed by atoms with E-state index >= 15 is 0 Å². The minimum Gasteiger partial charge on any atom is -0.462 e. The average molecular weight is 927 g/mol. The Bertz CT molecular complexity index is 1360. The number of carbonyl (C=O) groups excluding carboxylic acids is 2. The molecule has 1 aliphatic rings. The third kappa shape index (κ3) is 34.9. The fourth-order valence-corrected chi connectivity index (χ4v) is 8.14. The number of hydrogen-bond donors (Lipinski definition) is 4. The molecule has 0 saturated carbocycles. The number of rotatable bonds is 42. The summed E-state index contributed by atoms with van der Waals surface area (Å²) < 4.78 is 54.2. The van der Waals surface area contributed by atoms with Crippen molar-refractivity contribution in [3.8, 4) is 0 Å². The van der Waals surface area contributed by atoms with Gasteiger partial charge in [-0.2, -0.15) is 8.42 Å². The third-order valence-electron chi connectivity index (χ3n) is 11.4. The van der Waals surface area contributed by atoms with Gasteiger partial charge in [-0.25, -0.2) is 0 Å². The van der Waals surface area contributed by atoms with Gasteiger partial charge in [-0.1, -0.05) is 172 Å². The molecule has 12 nitrogen and oxygen atoms in total. The van der Waals surface area contributed by atoms with E-state index in [-0.39, 0.29) is 19.4 Å². The van der Waals surface area contributed by atoms with Crippen LogP contribution >= 0.6 is 0 Å². The number of unbranched alkanes of at least 4 members (excludes halogenated alkanes) is 22. The van der Waals surface area contributed by atoms with Crippen LogP contribution in [-0.4, -0.2) is 96.0 Å². The smallest absolute Gasteiger partial charge is 0.306 e. The average Bonchev–Trinajstić information content (AvgIpc) is 3.26. The molecule has 0 aromatic carbocycles. The van der Waals surface area contributed by atoms with Crippen LogP contribution in [0.4, 0.5) is 0 Å². The highest BCUT2D eigenvalue weighted by Crippen LogP contribution is 2.24. The van der Waals surface area contributed by atoms with Gasteiger partial charge in [0, 0.05) is 12.8 Å². The molecule has 1 aliphatic heterocycles. The van der Waals surface area contributed by atoms with Gasteiger partial charge >= 0.3 is 11.9 Å². The van der Waals surface area contributed by atoms with Crippen molar-refractivity contribution in [2.24, 2.45) is 0 Å². The van der Waals surface area contributed by atoms with Gasteiger partial charge in [0.15, 0.2) is 12.4 Å². The molecule has 0 amide bonds. The van der Waals surface area contributed by atoms with E-state index in [1.165, 1.54) is 83.5 Å². The summed E-state index contributed by atoms with van der Waals surface area (Å²) >= 11 is 0. The predicted molar refractivity (Wildman–Crippen MR) is 256 cm³/mol. The monoisotopic (exact) mass is 927 g/mol. The first kappa shape index (κ1) is 59.6. The van der Waals surface area contributed by atoms with Crippen LogP contribution in [0.3, 0.4) is 0 Å². The van der Waals surface area contributed by atoms with Gasteiger partial charge in [0.2, 0.25) is 0 Å². The van der Waals surface area contributed by atoms with Gasteiger partial charge in [-0.3, -0.25) is 14.1 Å². The van der Waals surface area contributed by atoms with Crippen LogP contribution in [0.2, 0.25) is 0 Å². The van der Waals surface area contributed by atoms with Gasteiger partial charge in [0.25, 0.3) is 10.1 Å². The fourth-order valence-electron chi connectivity index (χ4n) is 7.45. The Hall–Kier alpha value is -2.39. The lowest BCUT2D eigenvalue weighted by Gasteiger charge is -2.40. The summed E-state index contributed by atoms with van der Waals surface area (Å²) in [5.41, 5.74) is 0. The molecule has 1 fully saturated rings. The topological polar surface area (TPSA) is 186 Å². The number of aliphatic hydroxyl groups excluding tert-OH is 3. The normalized spacial score (nSPS) is 20.0. The molecular formula is C51H90O12S. The summed E-state index contributed by atoms with van der Waals surface area (Å²) in [4.78, 5) is 25.5. The van der Waals surface area contributed by atoms with Gasteiger partial charge in [-0.05, 0) is 70.6 Å². The van der Waals surface area contributed by atoms with E-state index < -0.39 is 71.2 Å². The minimum atomic E-state index is -4.61. The summed E-state index contributed by atoms with van der Waals surface area (Å²) in [6.45, 7) is 3.68. The molecule has 6 atom stereocenters. The quantitative estimate of drug-likeness (QED) is 0.0197. The van der Waals surface area contributed by atoms with Crippen LogP contribution in [0.25, 0.3) is 0 Å². The summed E-state index contributed by atoms with van der Waals surface area (Å²) in [6, 6.07) is 0. The van der Waals surface area contributed by atoms with Crippen LogP contribution in [0.15, 0.2) is 48.6 Å². The van der Waals surface area contributed by atoms with E-state index in [9.17, 15) is 37.9 Å². The van der Waals surface area contributed by atoms with Crippen LogP contribution in [0, 0.1) is 0 Å². The highest BCUT2D eigenvalue weighted by atomic mass is 32.2. The summed E-state index contributed by atoms with van der Waals surface area (Å²) in [5.74, 6) is -2.00. The maximum Gasteiger partial charge on any atom is 0.306 e. The Morgan fingerprint density at radius 2 is 0.969 bits per heavy atom. The first-order valence-corrected chi connectivity index (χ1v) is 26.8. The second-order valence-corrected chi connectivity index (χ2v) is 19.0. The van der Waals surface area contributed by atoms with Gasteiger partial charge in [0.05, 0.1) is 6.61 Å². The predicted octanol–water partition coefficient (Wildman–Crippen LogP) is 11.1. The summed E-state index contributed by atoms with van der Waals surface area (Å²) in [7, 11) is -4.61. The maximum atomic E-state index is 12.9. The highest BCUT2D eigenvalue weighted by molar-refractivity contribution is 7.85. The van der Waals surface area contributed by atoms with Crippen molar-refractivity contribution >= 4 is 22.1 Å². The van der Waals surface area contributed by atoms with E-state index in [2.05, 4.69) is 62.5 Å². The Morgan fingerprint density at radius 1 is 0.531 bits per heavy atom. The first-order valence-electron chi connectivity index (χ1n) is 25.2. The molecule has 6 unspecified atom stereocenters. The third-order valence-corrected chi connectivity index (χ3v) is 12.1. The number of esters is 2. The zero-order chi connectivity index (χ0) is 46.9. The molecular weight excluding hydrogens is 837 g/mol. The molecule has 1 heterocycles. The second-order valence-electron chi connectivity index (χ2n) is 17.5. The molecule has 372 valence electrons. The van der Waals surface area contributed by atoms with Crippen LogP contribution < -0.4 is 0 Å². The molecule has 0 aromatic rings. The molecule has 0 spiro atoms. The summed E-state index contributed by atoms with van der Waals surface area (Å²) in [6.07, 6.45) is 40.1. The fraction of sp³-hybridized carbons (Fsp3) is 0.804. The minimum absolute atomic E-state index is 0.158. The Labute approximate surface area is 388 Å².